The fraction of sp³-hybridized carbons (Fsp3) is 1.00. The lowest BCUT2D eigenvalue weighted by atomic mass is 9.49. The molecule has 0 aliphatic carbocycles. The minimum Gasteiger partial charge on any atom is -0.381 e. The maximum absolute atomic E-state index is 6.33. The van der Waals surface area contributed by atoms with Crippen LogP contribution in [-0.2, 0) is 4.74 Å². The van der Waals surface area contributed by atoms with E-state index < -0.39 is 27.5 Å². The largest absolute Gasteiger partial charge is 0.381 e. The zero-order chi connectivity index (χ0) is 19.4. The Balaban J connectivity index is 2.32. The van der Waals surface area contributed by atoms with Gasteiger partial charge in [-0.15, -0.1) is 0 Å². The molecule has 0 N–H and O–H groups in total. The zero-order valence-corrected chi connectivity index (χ0v) is 15.4. The van der Waals surface area contributed by atoms with Gasteiger partial charge in [0.25, 0.3) is 0 Å². The van der Waals surface area contributed by atoms with Crippen molar-refractivity contribution in [1.29, 1.82) is 0 Å². The predicted octanol–water partition coefficient (Wildman–Crippen LogP) is -3.35. The molecule has 0 spiro atoms. The van der Waals surface area contributed by atoms with Gasteiger partial charge in [-0.3, -0.25) is 4.90 Å². The second-order valence-corrected chi connectivity index (χ2v) is 7.83. The molecule has 1 atom stereocenters. The van der Waals surface area contributed by atoms with Gasteiger partial charge >= 0.3 is 0 Å². The van der Waals surface area contributed by atoms with Gasteiger partial charge in [-0.1, -0.05) is 0 Å². The Morgan fingerprint density at radius 2 is 1.08 bits per heavy atom. The number of morpholine rings is 1. The van der Waals surface area contributed by atoms with Crippen molar-refractivity contribution in [1.82, 2.24) is 14.7 Å². The third-order valence-electron chi connectivity index (χ3n) is 4.79. The van der Waals surface area contributed by atoms with Crippen LogP contribution in [0.3, 0.4) is 0 Å². The van der Waals surface area contributed by atoms with Crippen LogP contribution >= 0.6 is 0 Å². The van der Waals surface area contributed by atoms with Gasteiger partial charge in [-0.2, -0.15) is 0 Å². The second kappa shape index (κ2) is 6.75. The van der Waals surface area contributed by atoms with Crippen molar-refractivity contribution >= 4 is 62.8 Å². The topological polar surface area (TPSA) is 19.0 Å². The molecule has 12 heteroatoms. The maximum Gasteiger partial charge on any atom is 0.0855 e. The van der Waals surface area contributed by atoms with E-state index in [-0.39, 0.29) is 32.3 Å². The van der Waals surface area contributed by atoms with Gasteiger partial charge in [-0.25, -0.2) is 0 Å². The van der Waals surface area contributed by atoms with E-state index in [1.54, 1.807) is 9.80 Å². The SMILES string of the molecule is [B]C1([B])CN(C(C)N2C([B])([B])COCC2([B])[B])CC([B])([B])N1C(C)C. The highest BCUT2D eigenvalue weighted by Crippen LogP contribution is 2.33. The molecule has 25 heavy (non-hydrogen) atoms. The molecule has 2 saturated heterocycles. The molecule has 0 amide bonds. The van der Waals surface area contributed by atoms with Crippen LogP contribution in [0.4, 0.5) is 0 Å². The van der Waals surface area contributed by atoms with Crippen molar-refractivity contribution in [2.75, 3.05) is 26.3 Å². The summed E-state index contributed by atoms with van der Waals surface area (Å²) in [4.78, 5) is 5.16. The first-order chi connectivity index (χ1) is 11.1. The average molecular weight is 320 g/mol. The molecular formula is C13H19B8N3O. The van der Waals surface area contributed by atoms with Crippen LogP contribution in [0.25, 0.3) is 0 Å². The Labute approximate surface area is 163 Å². The van der Waals surface area contributed by atoms with Gasteiger partial charge in [0.2, 0.25) is 0 Å². The third-order valence-corrected chi connectivity index (χ3v) is 4.79. The first-order valence-electron chi connectivity index (χ1n) is 8.33. The van der Waals surface area contributed by atoms with E-state index >= 15 is 0 Å². The second-order valence-electron chi connectivity index (χ2n) is 7.83. The summed E-state index contributed by atoms with van der Waals surface area (Å²) < 4.78 is 5.33. The summed E-state index contributed by atoms with van der Waals surface area (Å²) in [6.45, 7) is 6.40. The number of hydrogen-bond donors (Lipinski definition) is 0. The van der Waals surface area contributed by atoms with Crippen LogP contribution in [-0.4, -0.2) is 137 Å². The molecule has 0 aromatic rings. The van der Waals surface area contributed by atoms with E-state index in [4.69, 9.17) is 67.5 Å². The lowest BCUT2D eigenvalue weighted by Crippen LogP contribution is -2.80. The van der Waals surface area contributed by atoms with Gasteiger partial charge in [0.15, 0.2) is 0 Å². The zero-order valence-electron chi connectivity index (χ0n) is 15.4. The molecule has 2 aliphatic heterocycles. The summed E-state index contributed by atoms with van der Waals surface area (Å²) in [5.41, 5.74) is 0. The molecule has 0 aromatic carbocycles. The minimum absolute atomic E-state index is 0.0444. The minimum atomic E-state index is -1.37. The van der Waals surface area contributed by atoms with Crippen LogP contribution in [0.5, 0.6) is 0 Å². The number of nitrogens with zero attached hydrogens (tertiary/aromatic N) is 3. The molecule has 2 heterocycles. The first kappa shape index (κ1) is 21.7. The monoisotopic (exact) mass is 321 g/mol. The van der Waals surface area contributed by atoms with E-state index in [0.717, 1.165) is 0 Å². The lowest BCUT2D eigenvalue weighted by Gasteiger charge is -2.65. The van der Waals surface area contributed by atoms with Crippen LogP contribution in [0.15, 0.2) is 0 Å². The summed E-state index contributed by atoms with van der Waals surface area (Å²) in [7, 11) is 50.0. The Kier molecular flexibility index (Phi) is 5.85. The quantitative estimate of drug-likeness (QED) is 0.506. The Morgan fingerprint density at radius 3 is 1.44 bits per heavy atom. The van der Waals surface area contributed by atoms with Crippen LogP contribution < -0.4 is 0 Å². The first-order valence-corrected chi connectivity index (χ1v) is 8.33. The molecule has 2 fully saturated rings. The Morgan fingerprint density at radius 1 is 0.680 bits per heavy atom. The standard InChI is InChI=1S/C13H19B8N3O/c1-8(2)23-10(14,15)4-22(5-11(23,16)17)9(3)24-12(18,19)6-25-7-13(24,20)21/h8-9H,4-7H2,1-3H3. The fourth-order valence-corrected chi connectivity index (χ4v) is 4.24. The highest BCUT2D eigenvalue weighted by Gasteiger charge is 2.49. The fourth-order valence-electron chi connectivity index (χ4n) is 4.24. The summed E-state index contributed by atoms with van der Waals surface area (Å²) >= 11 is 0. The molecule has 1 unspecified atom stereocenters. The van der Waals surface area contributed by atoms with E-state index in [9.17, 15) is 0 Å². The average Bonchev–Trinajstić information content (AvgIpc) is 2.31. The number of hydrogen-bond acceptors (Lipinski definition) is 4. The molecule has 16 radical (unpaired) electrons. The van der Waals surface area contributed by atoms with Crippen LogP contribution in [0.2, 0.25) is 0 Å². The van der Waals surface area contributed by atoms with E-state index in [2.05, 4.69) is 0 Å². The maximum atomic E-state index is 6.33. The molecule has 116 valence electrons. The van der Waals surface area contributed by atoms with Crippen molar-refractivity contribution in [3.05, 3.63) is 0 Å². The molecular weight excluding hydrogens is 301 g/mol. The molecule has 0 aromatic heterocycles. The summed E-state index contributed by atoms with van der Waals surface area (Å²) in [5, 5.41) is -5.25. The molecule has 0 bridgehead atoms. The highest BCUT2D eigenvalue weighted by atomic mass is 16.5. The summed E-state index contributed by atoms with van der Waals surface area (Å²) in [5.74, 6) is 0. The van der Waals surface area contributed by atoms with Gasteiger partial charge < -0.3 is 14.5 Å². The smallest absolute Gasteiger partial charge is 0.0855 e. The van der Waals surface area contributed by atoms with Gasteiger partial charge in [0.05, 0.1) is 68.9 Å². The Hall–Kier alpha value is 0.359. The van der Waals surface area contributed by atoms with Gasteiger partial charge in [0.1, 0.15) is 0 Å². The van der Waals surface area contributed by atoms with E-state index in [1.165, 1.54) is 0 Å². The van der Waals surface area contributed by atoms with Crippen molar-refractivity contribution in [3.8, 4) is 0 Å². The van der Waals surface area contributed by atoms with Crippen LogP contribution in [0.1, 0.15) is 20.8 Å². The predicted molar refractivity (Wildman–Crippen MR) is 108 cm³/mol. The number of ether oxygens (including phenoxy) is 1. The normalized spacial score (nSPS) is 30.9. The van der Waals surface area contributed by atoms with Gasteiger partial charge in [0, 0.05) is 32.3 Å². The Bertz CT molecular complexity index is 468. The third kappa shape index (κ3) is 4.12. The van der Waals surface area contributed by atoms with Crippen molar-refractivity contribution in [2.24, 2.45) is 0 Å². The summed E-state index contributed by atoms with van der Waals surface area (Å²) in [6.07, 6.45) is -0.429. The molecule has 4 nitrogen and oxygen atoms in total. The van der Waals surface area contributed by atoms with Gasteiger partial charge in [-0.05, 0) is 42.1 Å². The lowest BCUT2D eigenvalue weighted by molar-refractivity contribution is -0.103. The summed E-state index contributed by atoms with van der Waals surface area (Å²) in [6, 6.07) is -0.0444. The van der Waals surface area contributed by atoms with Crippen molar-refractivity contribution < 1.29 is 4.74 Å². The number of rotatable bonds is 3. The van der Waals surface area contributed by atoms with E-state index in [1.807, 2.05) is 25.7 Å². The number of piperazine rings is 1. The van der Waals surface area contributed by atoms with Crippen LogP contribution in [0, 0.1) is 0 Å². The molecule has 2 aliphatic rings. The molecule has 0 saturated carbocycles. The van der Waals surface area contributed by atoms with E-state index in [0.29, 0.717) is 0 Å². The van der Waals surface area contributed by atoms with Crippen molar-refractivity contribution in [2.45, 2.75) is 54.3 Å². The highest BCUT2D eigenvalue weighted by molar-refractivity contribution is 6.45. The van der Waals surface area contributed by atoms with Crippen molar-refractivity contribution in [3.63, 3.8) is 0 Å². The molecule has 2 rings (SSSR count).